The molecule has 1 unspecified atom stereocenters. The number of fused-ring (bicyclic) bond motifs is 1. The van der Waals surface area contributed by atoms with Gasteiger partial charge in [-0.2, -0.15) is 0 Å². The molecule has 22 heavy (non-hydrogen) atoms. The summed E-state index contributed by atoms with van der Waals surface area (Å²) in [7, 11) is 1.49. The Hall–Kier alpha value is -2.32. The van der Waals surface area contributed by atoms with Gasteiger partial charge in [0.25, 0.3) is 0 Å². The number of carbonyl (C=O) groups excluding carboxylic acids is 1. The van der Waals surface area contributed by atoms with Crippen LogP contribution < -0.4 is 5.32 Å². The number of carbonyl (C=O) groups is 1. The lowest BCUT2D eigenvalue weighted by molar-refractivity contribution is -0.125. The molecule has 1 aliphatic rings. The SMILES string of the molecule is COCC(=O)NCC1Cn2nnc(-c3ccncc3)c2CO1. The maximum atomic E-state index is 11.4. The van der Waals surface area contributed by atoms with Crippen LogP contribution in [0.1, 0.15) is 5.69 Å². The Kier molecular flexibility index (Phi) is 4.40. The molecule has 1 aliphatic heterocycles. The van der Waals surface area contributed by atoms with Gasteiger partial charge in [-0.25, -0.2) is 4.68 Å². The minimum Gasteiger partial charge on any atom is -0.375 e. The van der Waals surface area contributed by atoms with Crippen LogP contribution in [0, 0.1) is 0 Å². The van der Waals surface area contributed by atoms with Crippen LogP contribution in [0.3, 0.4) is 0 Å². The molecule has 0 aliphatic carbocycles. The third kappa shape index (κ3) is 3.12. The van der Waals surface area contributed by atoms with Crippen LogP contribution in [0.25, 0.3) is 11.3 Å². The van der Waals surface area contributed by atoms with Gasteiger partial charge in [0.05, 0.1) is 24.9 Å². The second-order valence-corrected chi connectivity index (χ2v) is 4.97. The minimum atomic E-state index is -0.159. The molecule has 1 atom stereocenters. The Morgan fingerprint density at radius 2 is 2.32 bits per heavy atom. The van der Waals surface area contributed by atoms with Crippen molar-refractivity contribution in [3.8, 4) is 11.3 Å². The maximum Gasteiger partial charge on any atom is 0.246 e. The first kappa shape index (κ1) is 14.6. The summed E-state index contributed by atoms with van der Waals surface area (Å²) in [5, 5.41) is 11.2. The summed E-state index contributed by atoms with van der Waals surface area (Å²) in [5.41, 5.74) is 2.71. The first-order valence-corrected chi connectivity index (χ1v) is 6.98. The van der Waals surface area contributed by atoms with Gasteiger partial charge in [-0.1, -0.05) is 5.21 Å². The normalized spacial score (nSPS) is 17.0. The minimum absolute atomic E-state index is 0.0491. The molecule has 0 bridgehead atoms. The van der Waals surface area contributed by atoms with E-state index >= 15 is 0 Å². The van der Waals surface area contributed by atoms with Crippen molar-refractivity contribution in [2.24, 2.45) is 0 Å². The zero-order chi connectivity index (χ0) is 15.4. The van der Waals surface area contributed by atoms with Gasteiger partial charge >= 0.3 is 0 Å². The highest BCUT2D eigenvalue weighted by molar-refractivity contribution is 5.77. The number of pyridine rings is 1. The fourth-order valence-corrected chi connectivity index (χ4v) is 2.33. The molecule has 0 saturated carbocycles. The van der Waals surface area contributed by atoms with Crippen molar-refractivity contribution < 1.29 is 14.3 Å². The number of nitrogens with one attached hydrogen (secondary N) is 1. The van der Waals surface area contributed by atoms with Gasteiger partial charge in [-0.05, 0) is 12.1 Å². The number of amides is 1. The molecule has 3 heterocycles. The molecule has 1 amide bonds. The molecule has 8 heteroatoms. The van der Waals surface area contributed by atoms with Crippen LogP contribution in [-0.2, 0) is 27.4 Å². The summed E-state index contributed by atoms with van der Waals surface area (Å²) < 4.78 is 12.4. The second kappa shape index (κ2) is 6.63. The summed E-state index contributed by atoms with van der Waals surface area (Å²) in [4.78, 5) is 15.4. The van der Waals surface area contributed by atoms with Gasteiger partial charge in [0.15, 0.2) is 0 Å². The second-order valence-electron chi connectivity index (χ2n) is 4.97. The quantitative estimate of drug-likeness (QED) is 0.836. The fourth-order valence-electron chi connectivity index (χ4n) is 2.33. The van der Waals surface area contributed by atoms with E-state index in [4.69, 9.17) is 9.47 Å². The highest BCUT2D eigenvalue weighted by atomic mass is 16.5. The molecule has 8 nitrogen and oxygen atoms in total. The van der Waals surface area contributed by atoms with Crippen LogP contribution >= 0.6 is 0 Å². The van der Waals surface area contributed by atoms with Gasteiger partial charge in [0.2, 0.25) is 5.91 Å². The molecule has 0 spiro atoms. The lowest BCUT2D eigenvalue weighted by Gasteiger charge is -2.24. The Morgan fingerprint density at radius 1 is 1.50 bits per heavy atom. The van der Waals surface area contributed by atoms with Gasteiger partial charge in [0.1, 0.15) is 12.3 Å². The van der Waals surface area contributed by atoms with Crippen molar-refractivity contribution >= 4 is 5.91 Å². The Morgan fingerprint density at radius 3 is 3.09 bits per heavy atom. The van der Waals surface area contributed by atoms with Crippen LogP contribution in [0.4, 0.5) is 0 Å². The van der Waals surface area contributed by atoms with Crippen LogP contribution in [-0.4, -0.2) is 52.3 Å². The lowest BCUT2D eigenvalue weighted by atomic mass is 10.1. The van der Waals surface area contributed by atoms with E-state index in [0.29, 0.717) is 19.7 Å². The largest absolute Gasteiger partial charge is 0.375 e. The summed E-state index contributed by atoms with van der Waals surface area (Å²) in [5.74, 6) is -0.159. The predicted octanol–water partition coefficient (Wildman–Crippen LogP) is 0.00150. The molecular weight excluding hydrogens is 286 g/mol. The van der Waals surface area contributed by atoms with Crippen molar-refractivity contribution in [1.82, 2.24) is 25.3 Å². The topological polar surface area (TPSA) is 91.2 Å². The number of hydrogen-bond acceptors (Lipinski definition) is 6. The third-order valence-corrected chi connectivity index (χ3v) is 3.43. The van der Waals surface area contributed by atoms with Crippen molar-refractivity contribution in [3.63, 3.8) is 0 Å². The standard InChI is InChI=1S/C14H17N5O3/c1-21-9-13(20)16-6-11-7-19-12(8-22-11)14(17-18-19)10-2-4-15-5-3-10/h2-5,11H,6-9H2,1H3,(H,16,20). The number of rotatable bonds is 5. The summed E-state index contributed by atoms with van der Waals surface area (Å²) in [6.07, 6.45) is 3.32. The number of hydrogen-bond donors (Lipinski definition) is 1. The molecule has 2 aromatic rings. The molecule has 0 aromatic carbocycles. The van der Waals surface area contributed by atoms with Crippen LogP contribution in [0.2, 0.25) is 0 Å². The molecule has 1 N–H and O–H groups in total. The van der Waals surface area contributed by atoms with Crippen molar-refractivity contribution in [2.45, 2.75) is 19.3 Å². The average molecular weight is 303 g/mol. The Labute approximate surface area is 127 Å². The third-order valence-electron chi connectivity index (χ3n) is 3.43. The molecule has 0 fully saturated rings. The molecule has 3 rings (SSSR count). The molecular formula is C14H17N5O3. The summed E-state index contributed by atoms with van der Waals surface area (Å²) in [6, 6.07) is 3.78. The first-order chi connectivity index (χ1) is 10.8. The van der Waals surface area contributed by atoms with Crippen molar-refractivity contribution in [1.29, 1.82) is 0 Å². The maximum absolute atomic E-state index is 11.4. The molecule has 116 valence electrons. The fraction of sp³-hybridized carbons (Fsp3) is 0.429. The van der Waals surface area contributed by atoms with E-state index in [9.17, 15) is 4.79 Å². The van der Waals surface area contributed by atoms with E-state index in [0.717, 1.165) is 17.0 Å². The van der Waals surface area contributed by atoms with E-state index in [1.54, 1.807) is 12.4 Å². The Bertz CT molecular complexity index is 643. The number of nitrogens with zero attached hydrogens (tertiary/aromatic N) is 4. The zero-order valence-electron chi connectivity index (χ0n) is 12.2. The Balaban J connectivity index is 1.65. The zero-order valence-corrected chi connectivity index (χ0v) is 12.2. The van der Waals surface area contributed by atoms with Gasteiger partial charge < -0.3 is 14.8 Å². The van der Waals surface area contributed by atoms with Gasteiger partial charge in [-0.15, -0.1) is 5.10 Å². The average Bonchev–Trinajstić information content (AvgIpc) is 2.97. The van der Waals surface area contributed by atoms with Crippen LogP contribution in [0.15, 0.2) is 24.5 Å². The monoisotopic (exact) mass is 303 g/mol. The van der Waals surface area contributed by atoms with Gasteiger partial charge in [0, 0.05) is 31.6 Å². The van der Waals surface area contributed by atoms with E-state index in [1.807, 2.05) is 16.8 Å². The number of ether oxygens (including phenoxy) is 2. The first-order valence-electron chi connectivity index (χ1n) is 6.98. The highest BCUT2D eigenvalue weighted by Crippen LogP contribution is 2.24. The van der Waals surface area contributed by atoms with E-state index in [1.165, 1.54) is 7.11 Å². The summed E-state index contributed by atoms with van der Waals surface area (Å²) >= 11 is 0. The summed E-state index contributed by atoms with van der Waals surface area (Å²) in [6.45, 7) is 1.44. The highest BCUT2D eigenvalue weighted by Gasteiger charge is 2.24. The van der Waals surface area contributed by atoms with E-state index in [2.05, 4.69) is 20.6 Å². The van der Waals surface area contributed by atoms with Gasteiger partial charge in [-0.3, -0.25) is 9.78 Å². The van der Waals surface area contributed by atoms with Crippen molar-refractivity contribution in [2.75, 3.05) is 20.3 Å². The number of methoxy groups -OCH3 is 1. The lowest BCUT2D eigenvalue weighted by Crippen LogP contribution is -2.40. The van der Waals surface area contributed by atoms with Crippen molar-refractivity contribution in [3.05, 3.63) is 30.2 Å². The van der Waals surface area contributed by atoms with E-state index in [-0.39, 0.29) is 18.6 Å². The van der Waals surface area contributed by atoms with Crippen LogP contribution in [0.5, 0.6) is 0 Å². The molecule has 0 saturated heterocycles. The van der Waals surface area contributed by atoms with E-state index < -0.39 is 0 Å². The predicted molar refractivity (Wildman–Crippen MR) is 76.7 cm³/mol. The molecule has 2 aromatic heterocycles. The smallest absolute Gasteiger partial charge is 0.246 e. The molecule has 0 radical (unpaired) electrons. The number of aromatic nitrogens is 4.